The molecule has 1 aromatic carbocycles. The molecule has 5 nitrogen and oxygen atoms in total. The van der Waals surface area contributed by atoms with Gasteiger partial charge < -0.3 is 14.4 Å². The molecule has 1 fully saturated rings. The summed E-state index contributed by atoms with van der Waals surface area (Å²) in [6, 6.07) is 16.8. The molecular weight excluding hydrogens is 392 g/mol. The summed E-state index contributed by atoms with van der Waals surface area (Å²) in [4.78, 5) is 24.2. The topological polar surface area (TPSA) is 41.4 Å². The van der Waals surface area contributed by atoms with Crippen molar-refractivity contribution in [1.29, 1.82) is 0 Å². The Balaban J connectivity index is 1.45. The van der Waals surface area contributed by atoms with E-state index in [1.165, 1.54) is 22.6 Å². The number of carbonyl (C=O) groups is 1. The monoisotopic (exact) mass is 416 g/mol. The van der Waals surface area contributed by atoms with Crippen molar-refractivity contribution in [1.82, 2.24) is 14.5 Å². The predicted octanol–water partition coefficient (Wildman–Crippen LogP) is 4.75. The van der Waals surface area contributed by atoms with Crippen LogP contribution >= 0.6 is 11.3 Å². The van der Waals surface area contributed by atoms with Crippen LogP contribution in [0.15, 0.2) is 67.1 Å². The molecule has 1 saturated heterocycles. The molecule has 0 bridgehead atoms. The van der Waals surface area contributed by atoms with E-state index in [-0.39, 0.29) is 11.9 Å². The maximum Gasteiger partial charge on any atom is 0.266 e. The first-order chi connectivity index (χ1) is 14.6. The van der Waals surface area contributed by atoms with E-state index in [9.17, 15) is 4.79 Å². The summed E-state index contributed by atoms with van der Waals surface area (Å²) >= 11 is 1.49. The summed E-state index contributed by atoms with van der Waals surface area (Å²) in [6.45, 7) is 6.56. The number of piperazine rings is 1. The quantitative estimate of drug-likeness (QED) is 0.484. The van der Waals surface area contributed by atoms with E-state index in [0.29, 0.717) is 13.1 Å². The molecule has 4 heterocycles. The van der Waals surface area contributed by atoms with E-state index in [1.807, 2.05) is 46.1 Å². The van der Waals surface area contributed by atoms with Crippen LogP contribution in [0.25, 0.3) is 15.9 Å². The highest BCUT2D eigenvalue weighted by Crippen LogP contribution is 2.34. The fourth-order valence-electron chi connectivity index (χ4n) is 4.28. The van der Waals surface area contributed by atoms with Gasteiger partial charge in [0.1, 0.15) is 9.71 Å². The summed E-state index contributed by atoms with van der Waals surface area (Å²) in [6.07, 6.45) is 5.77. The summed E-state index contributed by atoms with van der Waals surface area (Å²) < 4.78 is 2.03. The Morgan fingerprint density at radius 3 is 2.70 bits per heavy atom. The van der Waals surface area contributed by atoms with E-state index in [1.54, 1.807) is 6.20 Å². The standard InChI is InChI=1S/C24H24N4OS/c1-17-7-5-8-19(15-17)28-14-13-27(16-18(28)2)24(29)22-21(26-11-3-4-12-26)20-9-6-10-25-23(20)30-22/h3-12,15,18H,13-14,16H2,1-2H3/t18-/m1/s1. The van der Waals surface area contributed by atoms with E-state index in [4.69, 9.17) is 0 Å². The van der Waals surface area contributed by atoms with Crippen molar-refractivity contribution >= 4 is 33.1 Å². The average molecular weight is 417 g/mol. The van der Waals surface area contributed by atoms with E-state index < -0.39 is 0 Å². The molecule has 0 unspecified atom stereocenters. The number of hydrogen-bond acceptors (Lipinski definition) is 4. The zero-order valence-corrected chi connectivity index (χ0v) is 18.0. The zero-order chi connectivity index (χ0) is 20.7. The van der Waals surface area contributed by atoms with Gasteiger partial charge in [0.15, 0.2) is 0 Å². The summed E-state index contributed by atoms with van der Waals surface area (Å²) in [5.41, 5.74) is 3.42. The molecule has 1 aliphatic heterocycles. The summed E-state index contributed by atoms with van der Waals surface area (Å²) in [5.74, 6) is 0.0949. The van der Waals surface area contributed by atoms with Gasteiger partial charge in [-0.2, -0.15) is 0 Å². The second-order valence-electron chi connectivity index (χ2n) is 7.86. The Morgan fingerprint density at radius 1 is 1.10 bits per heavy atom. The first-order valence-corrected chi connectivity index (χ1v) is 11.1. The van der Waals surface area contributed by atoms with E-state index in [0.717, 1.165) is 27.3 Å². The number of aryl methyl sites for hydroxylation is 1. The van der Waals surface area contributed by atoms with Crippen molar-refractivity contribution < 1.29 is 4.79 Å². The van der Waals surface area contributed by atoms with Crippen molar-refractivity contribution in [3.63, 3.8) is 0 Å². The Hall–Kier alpha value is -3.12. The molecular formula is C24H24N4OS. The normalized spacial score (nSPS) is 16.9. The third kappa shape index (κ3) is 3.27. The Labute approximate surface area is 180 Å². The lowest BCUT2D eigenvalue weighted by molar-refractivity contribution is 0.0731. The van der Waals surface area contributed by atoms with Crippen LogP contribution in [0, 0.1) is 6.92 Å². The number of thiophene rings is 1. The Morgan fingerprint density at radius 2 is 1.93 bits per heavy atom. The average Bonchev–Trinajstić information content (AvgIpc) is 3.40. The molecule has 0 radical (unpaired) electrons. The molecule has 0 saturated carbocycles. The number of benzene rings is 1. The summed E-state index contributed by atoms with van der Waals surface area (Å²) in [5, 5.41) is 1.02. The lowest BCUT2D eigenvalue weighted by Crippen LogP contribution is -2.53. The maximum absolute atomic E-state index is 13.6. The highest BCUT2D eigenvalue weighted by Gasteiger charge is 2.30. The van der Waals surface area contributed by atoms with Gasteiger partial charge in [0.2, 0.25) is 0 Å². The molecule has 5 rings (SSSR count). The van der Waals surface area contributed by atoms with Crippen molar-refractivity contribution in [2.45, 2.75) is 19.9 Å². The van der Waals surface area contributed by atoms with Crippen LogP contribution in [0.2, 0.25) is 0 Å². The smallest absolute Gasteiger partial charge is 0.266 e. The molecule has 152 valence electrons. The number of anilines is 1. The third-order valence-corrected chi connectivity index (χ3v) is 6.84. The second-order valence-corrected chi connectivity index (χ2v) is 8.86. The molecule has 0 spiro atoms. The number of pyridine rings is 1. The number of carbonyl (C=O) groups excluding carboxylic acids is 1. The van der Waals surface area contributed by atoms with Crippen LogP contribution in [0.4, 0.5) is 5.69 Å². The van der Waals surface area contributed by atoms with Crippen molar-refractivity contribution in [3.8, 4) is 5.69 Å². The molecule has 0 aliphatic carbocycles. The first kappa shape index (κ1) is 18.9. The van der Waals surface area contributed by atoms with Gasteiger partial charge in [0.25, 0.3) is 5.91 Å². The Kier molecular flexibility index (Phi) is 4.79. The van der Waals surface area contributed by atoms with Crippen LogP contribution in [0.5, 0.6) is 0 Å². The number of rotatable bonds is 3. The highest BCUT2D eigenvalue weighted by atomic mass is 32.1. The number of hydrogen-bond donors (Lipinski definition) is 0. The summed E-state index contributed by atoms with van der Waals surface area (Å²) in [7, 11) is 0. The number of fused-ring (bicyclic) bond motifs is 1. The SMILES string of the molecule is Cc1cccc(N2CCN(C(=O)c3sc4ncccc4c3-n3cccc3)C[C@H]2C)c1. The second kappa shape index (κ2) is 7.61. The largest absolute Gasteiger partial charge is 0.365 e. The molecule has 0 N–H and O–H groups in total. The predicted molar refractivity (Wildman–Crippen MR) is 123 cm³/mol. The number of aromatic nitrogens is 2. The van der Waals surface area contributed by atoms with Crippen LogP contribution in [0.1, 0.15) is 22.2 Å². The van der Waals surface area contributed by atoms with Crippen molar-refractivity contribution in [2.75, 3.05) is 24.5 Å². The molecule has 6 heteroatoms. The van der Waals surface area contributed by atoms with Gasteiger partial charge in [-0.15, -0.1) is 11.3 Å². The molecule has 4 aromatic rings. The minimum Gasteiger partial charge on any atom is -0.365 e. The molecule has 1 amide bonds. The maximum atomic E-state index is 13.6. The third-order valence-electron chi connectivity index (χ3n) is 5.74. The zero-order valence-electron chi connectivity index (χ0n) is 17.2. The van der Waals surface area contributed by atoms with Crippen LogP contribution in [-0.2, 0) is 0 Å². The number of amides is 1. The van der Waals surface area contributed by atoms with Gasteiger partial charge in [0, 0.05) is 55.3 Å². The molecule has 1 aliphatic rings. The van der Waals surface area contributed by atoms with Crippen LogP contribution in [0.3, 0.4) is 0 Å². The first-order valence-electron chi connectivity index (χ1n) is 10.3. The minimum absolute atomic E-state index is 0.0949. The van der Waals surface area contributed by atoms with Crippen LogP contribution in [-0.4, -0.2) is 46.0 Å². The van der Waals surface area contributed by atoms with Gasteiger partial charge in [-0.05, 0) is 55.8 Å². The van der Waals surface area contributed by atoms with E-state index in [2.05, 4.69) is 48.0 Å². The highest BCUT2D eigenvalue weighted by molar-refractivity contribution is 7.21. The fourth-order valence-corrected chi connectivity index (χ4v) is 5.39. The van der Waals surface area contributed by atoms with Gasteiger partial charge in [-0.1, -0.05) is 12.1 Å². The molecule has 30 heavy (non-hydrogen) atoms. The van der Waals surface area contributed by atoms with Crippen molar-refractivity contribution in [2.24, 2.45) is 0 Å². The molecule has 1 atom stereocenters. The van der Waals surface area contributed by atoms with Crippen LogP contribution < -0.4 is 4.90 Å². The minimum atomic E-state index is 0.0949. The number of nitrogens with zero attached hydrogens (tertiary/aromatic N) is 4. The Bertz CT molecular complexity index is 1200. The van der Waals surface area contributed by atoms with Gasteiger partial charge >= 0.3 is 0 Å². The van der Waals surface area contributed by atoms with Crippen molar-refractivity contribution in [3.05, 3.63) is 77.6 Å². The van der Waals surface area contributed by atoms with Gasteiger partial charge in [0.05, 0.1) is 5.69 Å². The molecule has 3 aromatic heterocycles. The van der Waals surface area contributed by atoms with E-state index >= 15 is 0 Å². The fraction of sp³-hybridized carbons (Fsp3) is 0.250. The van der Waals surface area contributed by atoms with Gasteiger partial charge in [-0.25, -0.2) is 4.98 Å². The van der Waals surface area contributed by atoms with Gasteiger partial charge in [-0.3, -0.25) is 4.79 Å². The lowest BCUT2D eigenvalue weighted by atomic mass is 10.1. The lowest BCUT2D eigenvalue weighted by Gasteiger charge is -2.41.